The fraction of sp³-hybridized carbons (Fsp3) is 0.583. The molecule has 0 saturated carbocycles. The van der Waals surface area contributed by atoms with E-state index in [9.17, 15) is 4.79 Å². The number of hydrogen-bond acceptors (Lipinski definition) is 5. The first-order valence-electron chi connectivity index (χ1n) is 6.39. The van der Waals surface area contributed by atoms with Crippen molar-refractivity contribution < 1.29 is 4.74 Å². The van der Waals surface area contributed by atoms with E-state index in [1.165, 1.54) is 4.40 Å². The Morgan fingerprint density at radius 1 is 1.53 bits per heavy atom. The van der Waals surface area contributed by atoms with Crippen molar-refractivity contribution >= 4 is 5.65 Å². The molecule has 2 aromatic heterocycles. The van der Waals surface area contributed by atoms with E-state index >= 15 is 0 Å². The van der Waals surface area contributed by atoms with Crippen molar-refractivity contribution in [1.29, 1.82) is 0 Å². The molecule has 0 saturated heterocycles. The Bertz CT molecular complexity index is 602. The summed E-state index contributed by atoms with van der Waals surface area (Å²) in [6.45, 7) is 7.44. The van der Waals surface area contributed by atoms with Crippen LogP contribution >= 0.6 is 0 Å². The van der Waals surface area contributed by atoms with Gasteiger partial charge in [-0.15, -0.1) is 0 Å². The minimum Gasteiger partial charge on any atom is -0.477 e. The number of aryl methyl sites for hydroxylation is 1. The molecular weight excluding hydrogens is 246 g/mol. The van der Waals surface area contributed by atoms with Crippen molar-refractivity contribution in [3.63, 3.8) is 0 Å². The number of H-pyrrole nitrogens is 1. The highest BCUT2D eigenvalue weighted by Gasteiger charge is 2.07. The van der Waals surface area contributed by atoms with Gasteiger partial charge < -0.3 is 10.1 Å². The molecule has 0 amide bonds. The lowest BCUT2D eigenvalue weighted by Gasteiger charge is -2.09. The van der Waals surface area contributed by atoms with Gasteiger partial charge in [0.05, 0.1) is 6.61 Å². The van der Waals surface area contributed by atoms with E-state index in [0.29, 0.717) is 30.0 Å². The number of ether oxygens (including phenoxy) is 1. The van der Waals surface area contributed by atoms with Crippen molar-refractivity contribution in [2.75, 3.05) is 13.2 Å². The molecule has 0 aromatic carbocycles. The summed E-state index contributed by atoms with van der Waals surface area (Å²) < 4.78 is 6.98. The first-order valence-corrected chi connectivity index (χ1v) is 6.39. The molecule has 2 rings (SSSR count). The van der Waals surface area contributed by atoms with Gasteiger partial charge in [0.25, 0.3) is 0 Å². The van der Waals surface area contributed by atoms with Gasteiger partial charge in [-0.25, -0.2) is 14.3 Å². The first-order chi connectivity index (χ1) is 9.08. The summed E-state index contributed by atoms with van der Waals surface area (Å²) in [5.74, 6) is 1.06. The first kappa shape index (κ1) is 13.5. The molecule has 19 heavy (non-hydrogen) atoms. The molecule has 0 aliphatic carbocycles. The third-order valence-electron chi connectivity index (χ3n) is 2.67. The monoisotopic (exact) mass is 265 g/mol. The largest absolute Gasteiger partial charge is 0.477 e. The molecule has 0 aliphatic heterocycles. The van der Waals surface area contributed by atoms with Crippen molar-refractivity contribution in [3.8, 4) is 5.88 Å². The van der Waals surface area contributed by atoms with E-state index in [1.54, 1.807) is 13.0 Å². The number of aromatic amines is 1. The second kappa shape index (κ2) is 5.83. The zero-order valence-electron chi connectivity index (χ0n) is 11.4. The number of aromatic nitrogens is 4. The molecule has 2 aromatic rings. The van der Waals surface area contributed by atoms with Crippen LogP contribution in [0.3, 0.4) is 0 Å². The van der Waals surface area contributed by atoms with Gasteiger partial charge in [-0.2, -0.15) is 10.1 Å². The predicted octanol–water partition coefficient (Wildman–Crippen LogP) is 0.493. The summed E-state index contributed by atoms with van der Waals surface area (Å²) in [5, 5.41) is 9.60. The normalized spacial score (nSPS) is 11.4. The Kier molecular flexibility index (Phi) is 4.16. The second-order valence-electron chi connectivity index (χ2n) is 4.67. The Hall–Kier alpha value is -1.89. The Morgan fingerprint density at radius 3 is 3.05 bits per heavy atom. The van der Waals surface area contributed by atoms with Gasteiger partial charge in [0, 0.05) is 12.1 Å². The summed E-state index contributed by atoms with van der Waals surface area (Å²) in [5.41, 5.74) is 0.237. The molecule has 0 fully saturated rings. The minimum absolute atomic E-state index is 0.285. The van der Waals surface area contributed by atoms with Gasteiger partial charge in [0.2, 0.25) is 5.88 Å². The maximum Gasteiger partial charge on any atom is 0.349 e. The predicted molar refractivity (Wildman–Crippen MR) is 71.6 cm³/mol. The van der Waals surface area contributed by atoms with E-state index in [-0.39, 0.29) is 5.69 Å². The van der Waals surface area contributed by atoms with Gasteiger partial charge in [0.15, 0.2) is 5.65 Å². The number of rotatable bonds is 6. The van der Waals surface area contributed by atoms with E-state index in [1.807, 2.05) is 0 Å². The van der Waals surface area contributed by atoms with Gasteiger partial charge in [-0.05, 0) is 19.9 Å². The third-order valence-corrected chi connectivity index (χ3v) is 2.67. The minimum atomic E-state index is -0.285. The van der Waals surface area contributed by atoms with Crippen LogP contribution in [-0.4, -0.2) is 38.8 Å². The maximum atomic E-state index is 11.4. The standard InChI is InChI=1S/C12H19N5O2/c1-8(2)13-5-4-6-19-11-7-10-15-16-12(18)17(10)9(3)14-11/h7-8,13H,4-6H2,1-3H3,(H,16,18). The molecular formula is C12H19N5O2. The van der Waals surface area contributed by atoms with Gasteiger partial charge >= 0.3 is 5.69 Å². The van der Waals surface area contributed by atoms with Crippen LogP contribution in [-0.2, 0) is 0 Å². The van der Waals surface area contributed by atoms with Crippen molar-refractivity contribution in [2.24, 2.45) is 0 Å². The van der Waals surface area contributed by atoms with Crippen LogP contribution in [0, 0.1) is 6.92 Å². The molecule has 0 unspecified atom stereocenters. The second-order valence-corrected chi connectivity index (χ2v) is 4.67. The van der Waals surface area contributed by atoms with Crippen LogP contribution in [0.4, 0.5) is 0 Å². The van der Waals surface area contributed by atoms with Crippen molar-refractivity contribution in [3.05, 3.63) is 22.4 Å². The molecule has 104 valence electrons. The SMILES string of the molecule is Cc1nc(OCCCNC(C)C)cc2n[nH]c(=O)n12. The molecule has 0 radical (unpaired) electrons. The number of hydrogen-bond donors (Lipinski definition) is 2. The number of nitrogens with zero attached hydrogens (tertiary/aromatic N) is 3. The lowest BCUT2D eigenvalue weighted by atomic mass is 10.3. The highest BCUT2D eigenvalue weighted by atomic mass is 16.5. The van der Waals surface area contributed by atoms with Crippen molar-refractivity contribution in [1.82, 2.24) is 24.9 Å². The fourth-order valence-electron chi connectivity index (χ4n) is 1.78. The van der Waals surface area contributed by atoms with Crippen LogP contribution in [0.25, 0.3) is 5.65 Å². The quantitative estimate of drug-likeness (QED) is 0.743. The van der Waals surface area contributed by atoms with Gasteiger partial charge in [0.1, 0.15) is 5.82 Å². The molecule has 7 nitrogen and oxygen atoms in total. The summed E-state index contributed by atoms with van der Waals surface area (Å²) in [7, 11) is 0. The fourth-order valence-corrected chi connectivity index (χ4v) is 1.78. The average Bonchev–Trinajstić information content (AvgIpc) is 2.70. The molecule has 7 heteroatoms. The molecule has 0 aliphatic rings. The Balaban J connectivity index is 1.96. The van der Waals surface area contributed by atoms with E-state index in [0.717, 1.165) is 13.0 Å². The molecule has 2 N–H and O–H groups in total. The topological polar surface area (TPSA) is 84.3 Å². The van der Waals surface area contributed by atoms with E-state index in [2.05, 4.69) is 34.3 Å². The lowest BCUT2D eigenvalue weighted by Crippen LogP contribution is -2.24. The Labute approximate surface area is 111 Å². The van der Waals surface area contributed by atoms with Crippen LogP contribution in [0.2, 0.25) is 0 Å². The van der Waals surface area contributed by atoms with E-state index < -0.39 is 0 Å². The highest BCUT2D eigenvalue weighted by Crippen LogP contribution is 2.10. The average molecular weight is 265 g/mol. The van der Waals surface area contributed by atoms with Crippen LogP contribution in [0.1, 0.15) is 26.1 Å². The zero-order valence-corrected chi connectivity index (χ0v) is 11.4. The summed E-state index contributed by atoms with van der Waals surface area (Å²) in [6.07, 6.45) is 0.900. The van der Waals surface area contributed by atoms with Gasteiger partial charge in [-0.3, -0.25) is 0 Å². The van der Waals surface area contributed by atoms with Crippen LogP contribution < -0.4 is 15.7 Å². The Morgan fingerprint density at radius 2 is 2.32 bits per heavy atom. The lowest BCUT2D eigenvalue weighted by molar-refractivity contribution is 0.294. The maximum absolute atomic E-state index is 11.4. The number of fused-ring (bicyclic) bond motifs is 1. The zero-order chi connectivity index (χ0) is 13.8. The molecule has 2 heterocycles. The van der Waals surface area contributed by atoms with Crippen LogP contribution in [0.15, 0.2) is 10.9 Å². The smallest absolute Gasteiger partial charge is 0.349 e. The molecule has 0 atom stereocenters. The summed E-state index contributed by atoms with van der Waals surface area (Å²) in [4.78, 5) is 15.7. The number of nitrogens with one attached hydrogen (secondary N) is 2. The molecule has 0 spiro atoms. The van der Waals surface area contributed by atoms with Gasteiger partial charge in [-0.1, -0.05) is 13.8 Å². The summed E-state index contributed by atoms with van der Waals surface area (Å²) in [6, 6.07) is 2.13. The van der Waals surface area contributed by atoms with Crippen molar-refractivity contribution in [2.45, 2.75) is 33.2 Å². The van der Waals surface area contributed by atoms with Crippen LogP contribution in [0.5, 0.6) is 5.88 Å². The third kappa shape index (κ3) is 3.31. The highest BCUT2D eigenvalue weighted by molar-refractivity contribution is 5.40. The molecule has 0 bridgehead atoms. The summed E-state index contributed by atoms with van der Waals surface area (Å²) >= 11 is 0. The van der Waals surface area contributed by atoms with E-state index in [4.69, 9.17) is 4.74 Å².